The van der Waals surface area contributed by atoms with Crippen molar-refractivity contribution in [1.82, 2.24) is 14.9 Å². The third kappa shape index (κ3) is 2.56. The first kappa shape index (κ1) is 12.3. The summed E-state index contributed by atoms with van der Waals surface area (Å²) in [5, 5.41) is 9.48. The molecule has 0 radical (unpaired) electrons. The topological polar surface area (TPSA) is 56.7 Å². The van der Waals surface area contributed by atoms with E-state index in [9.17, 15) is 0 Å². The van der Waals surface area contributed by atoms with E-state index in [4.69, 9.17) is 17.4 Å². The number of benzene rings is 1. The Morgan fingerprint density at radius 1 is 1.35 bits per heavy atom. The Labute approximate surface area is 109 Å². The van der Waals surface area contributed by atoms with Crippen LogP contribution in [0.25, 0.3) is 11.4 Å². The lowest BCUT2D eigenvalue weighted by atomic mass is 10.2. The molecule has 0 aliphatic rings. The predicted octanol–water partition coefficient (Wildman–Crippen LogP) is 2.81. The Morgan fingerprint density at radius 2 is 2.12 bits per heavy atom. The molecule has 1 aromatic heterocycles. The van der Waals surface area contributed by atoms with Crippen LogP contribution in [0, 0.1) is 0 Å². The van der Waals surface area contributed by atoms with Crippen LogP contribution in [0.5, 0.6) is 0 Å². The number of nitrogens with zero attached hydrogens (tertiary/aromatic N) is 3. The summed E-state index contributed by atoms with van der Waals surface area (Å²) >= 11 is 7.69. The summed E-state index contributed by atoms with van der Waals surface area (Å²) in [5.74, 6) is 7.52. The van der Waals surface area contributed by atoms with E-state index in [-0.39, 0.29) is 0 Å². The fourth-order valence-electron chi connectivity index (χ4n) is 1.40. The van der Waals surface area contributed by atoms with Gasteiger partial charge in [0.2, 0.25) is 5.16 Å². The lowest BCUT2D eigenvalue weighted by molar-refractivity contribution is 0.848. The van der Waals surface area contributed by atoms with Crippen molar-refractivity contribution in [3.8, 4) is 11.4 Å². The van der Waals surface area contributed by atoms with Crippen molar-refractivity contribution in [2.45, 2.75) is 18.5 Å². The highest BCUT2D eigenvalue weighted by molar-refractivity contribution is 7.99. The monoisotopic (exact) mass is 268 g/mol. The molecular weight excluding hydrogens is 256 g/mol. The summed E-state index contributed by atoms with van der Waals surface area (Å²) in [5.41, 5.74) is 0.799. The zero-order chi connectivity index (χ0) is 12.3. The van der Waals surface area contributed by atoms with Crippen LogP contribution >= 0.6 is 23.4 Å². The molecule has 90 valence electrons. The number of halogens is 1. The molecule has 4 nitrogen and oxygen atoms in total. The molecule has 0 atom stereocenters. The summed E-state index contributed by atoms with van der Waals surface area (Å²) in [6, 6.07) is 7.46. The zero-order valence-electron chi connectivity index (χ0n) is 9.43. The van der Waals surface area contributed by atoms with E-state index < -0.39 is 0 Å². The van der Waals surface area contributed by atoms with Crippen molar-refractivity contribution < 1.29 is 0 Å². The molecule has 17 heavy (non-hydrogen) atoms. The highest BCUT2D eigenvalue weighted by Crippen LogP contribution is 2.27. The fourth-order valence-corrected chi connectivity index (χ4v) is 2.33. The molecule has 6 heteroatoms. The molecule has 1 aromatic carbocycles. The number of nitrogens with two attached hydrogens (primary N) is 1. The second-order valence-electron chi connectivity index (χ2n) is 3.50. The molecule has 1 heterocycles. The maximum atomic E-state index is 6.10. The third-order valence-corrected chi connectivity index (χ3v) is 3.69. The van der Waals surface area contributed by atoms with Crippen LogP contribution < -0.4 is 5.84 Å². The highest BCUT2D eigenvalue weighted by atomic mass is 35.5. The van der Waals surface area contributed by atoms with Gasteiger partial charge >= 0.3 is 0 Å². The largest absolute Gasteiger partial charge is 0.335 e. The predicted molar refractivity (Wildman–Crippen MR) is 71.6 cm³/mol. The lowest BCUT2D eigenvalue weighted by Crippen LogP contribution is -2.11. The Bertz CT molecular complexity index is 512. The van der Waals surface area contributed by atoms with Crippen LogP contribution in [0.4, 0.5) is 0 Å². The van der Waals surface area contributed by atoms with Crippen LogP contribution in [0.2, 0.25) is 5.02 Å². The molecule has 0 unspecified atom stereocenters. The molecule has 0 amide bonds. The first-order chi connectivity index (χ1) is 8.24. The lowest BCUT2D eigenvalue weighted by Gasteiger charge is -2.04. The van der Waals surface area contributed by atoms with E-state index in [1.54, 1.807) is 11.8 Å². The van der Waals surface area contributed by atoms with Gasteiger partial charge in [0, 0.05) is 11.3 Å². The Balaban J connectivity index is 2.34. The number of aromatic nitrogens is 3. The van der Waals surface area contributed by atoms with Crippen molar-refractivity contribution in [1.29, 1.82) is 0 Å². The maximum absolute atomic E-state index is 6.10. The molecule has 0 fully saturated rings. The zero-order valence-corrected chi connectivity index (χ0v) is 11.0. The minimum absolute atomic E-state index is 0.592. The highest BCUT2D eigenvalue weighted by Gasteiger charge is 2.13. The Hall–Kier alpha value is -1.20. The fraction of sp³-hybridized carbons (Fsp3) is 0.273. The van der Waals surface area contributed by atoms with Gasteiger partial charge in [-0.15, -0.1) is 10.2 Å². The van der Waals surface area contributed by atoms with Gasteiger partial charge in [0.15, 0.2) is 5.82 Å². The van der Waals surface area contributed by atoms with E-state index in [2.05, 4.69) is 17.1 Å². The molecule has 0 spiro atoms. The number of nitrogen functional groups attached to an aromatic ring is 1. The second-order valence-corrected chi connectivity index (χ2v) is 4.97. The smallest absolute Gasteiger partial charge is 0.210 e. The number of thioether (sulfide) groups is 1. The molecule has 0 saturated heterocycles. The van der Waals surface area contributed by atoms with Gasteiger partial charge < -0.3 is 5.84 Å². The molecule has 0 saturated carbocycles. The third-order valence-electron chi connectivity index (χ3n) is 2.21. The average molecular weight is 269 g/mol. The molecule has 2 rings (SSSR count). The van der Waals surface area contributed by atoms with Gasteiger partial charge in [-0.05, 0) is 18.6 Å². The molecule has 0 aliphatic carbocycles. The van der Waals surface area contributed by atoms with Gasteiger partial charge in [0.25, 0.3) is 0 Å². The first-order valence-corrected chi connectivity index (χ1v) is 6.68. The van der Waals surface area contributed by atoms with E-state index in [1.165, 1.54) is 4.68 Å². The normalized spacial score (nSPS) is 10.7. The second kappa shape index (κ2) is 5.42. The van der Waals surface area contributed by atoms with Crippen LogP contribution in [-0.2, 0) is 0 Å². The van der Waals surface area contributed by atoms with E-state index in [1.807, 2.05) is 24.3 Å². The van der Waals surface area contributed by atoms with Crippen LogP contribution in [0.3, 0.4) is 0 Å². The van der Waals surface area contributed by atoms with Crippen molar-refractivity contribution >= 4 is 23.4 Å². The van der Waals surface area contributed by atoms with E-state index in [0.717, 1.165) is 17.7 Å². The minimum atomic E-state index is 0.592. The van der Waals surface area contributed by atoms with Crippen LogP contribution in [0.1, 0.15) is 13.3 Å². The summed E-state index contributed by atoms with van der Waals surface area (Å²) < 4.78 is 1.49. The van der Waals surface area contributed by atoms with Gasteiger partial charge in [-0.3, -0.25) is 0 Å². The van der Waals surface area contributed by atoms with Crippen molar-refractivity contribution in [3.63, 3.8) is 0 Å². The maximum Gasteiger partial charge on any atom is 0.210 e. The van der Waals surface area contributed by atoms with Crippen molar-refractivity contribution in [2.75, 3.05) is 11.6 Å². The summed E-state index contributed by atoms with van der Waals surface area (Å²) in [4.78, 5) is 0. The summed E-state index contributed by atoms with van der Waals surface area (Å²) in [6.07, 6.45) is 1.07. The quantitative estimate of drug-likeness (QED) is 0.684. The van der Waals surface area contributed by atoms with Crippen LogP contribution in [0.15, 0.2) is 29.4 Å². The average Bonchev–Trinajstić information content (AvgIpc) is 2.69. The summed E-state index contributed by atoms with van der Waals surface area (Å²) in [6.45, 7) is 2.11. The number of hydrogen-bond donors (Lipinski definition) is 1. The molecule has 0 bridgehead atoms. The molecule has 2 aromatic rings. The van der Waals surface area contributed by atoms with E-state index in [0.29, 0.717) is 16.0 Å². The first-order valence-electron chi connectivity index (χ1n) is 5.32. The van der Waals surface area contributed by atoms with E-state index >= 15 is 0 Å². The number of rotatable bonds is 4. The van der Waals surface area contributed by atoms with Crippen LogP contribution in [-0.4, -0.2) is 20.6 Å². The van der Waals surface area contributed by atoms with Gasteiger partial charge in [-0.25, -0.2) is 4.68 Å². The molecular formula is C11H13ClN4S. The standard InChI is InChI=1S/C11H13ClN4S/c1-2-7-17-11-15-14-10(16(11)13)8-5-3-4-6-9(8)12/h3-6H,2,7,13H2,1H3. The Morgan fingerprint density at radius 3 is 2.82 bits per heavy atom. The molecule has 2 N–H and O–H groups in total. The molecule has 0 aliphatic heterocycles. The number of hydrogen-bond acceptors (Lipinski definition) is 4. The van der Waals surface area contributed by atoms with Gasteiger partial charge in [-0.2, -0.15) is 0 Å². The van der Waals surface area contributed by atoms with Gasteiger partial charge in [0.05, 0.1) is 5.02 Å². The van der Waals surface area contributed by atoms with Gasteiger partial charge in [0.1, 0.15) is 0 Å². The summed E-state index contributed by atoms with van der Waals surface area (Å²) in [7, 11) is 0. The van der Waals surface area contributed by atoms with Crippen molar-refractivity contribution in [3.05, 3.63) is 29.3 Å². The SMILES string of the molecule is CCCSc1nnc(-c2ccccc2Cl)n1N. The minimum Gasteiger partial charge on any atom is -0.335 e. The van der Waals surface area contributed by atoms with Gasteiger partial charge in [-0.1, -0.05) is 42.4 Å². The Kier molecular flexibility index (Phi) is 3.91. The van der Waals surface area contributed by atoms with Crippen molar-refractivity contribution in [2.24, 2.45) is 0 Å².